The summed E-state index contributed by atoms with van der Waals surface area (Å²) < 4.78 is 18.9. The summed E-state index contributed by atoms with van der Waals surface area (Å²) in [5, 5.41) is 0. The van der Waals surface area contributed by atoms with Gasteiger partial charge in [-0.15, -0.1) is 0 Å². The molecule has 1 atom stereocenters. The number of nitrogens with zero attached hydrogens (tertiary/aromatic N) is 1. The summed E-state index contributed by atoms with van der Waals surface area (Å²) in [5.41, 5.74) is 16.0. The number of aryl methyl sites for hydroxylation is 3. The standard InChI is InChI=1S/C33H37FN2O2/c1-22-7-13-29(23(2)19-22)31-6-3-5-25-20-26(33(35)37)10-14-30(25)32(31)24-8-11-27(12-9-24)38-28-15-18-36(21-28)17-4-16-34/h7-14,19-20,28H,3-6,15-18,21H2,1-2H3,(H2,35,37). The molecule has 1 unspecified atom stereocenters. The number of hydrogen-bond acceptors (Lipinski definition) is 3. The minimum atomic E-state index is -0.395. The fourth-order valence-electron chi connectivity index (χ4n) is 5.96. The number of carbonyl (C=O) groups excluding carboxylic acids is 1. The smallest absolute Gasteiger partial charge is 0.248 e. The van der Waals surface area contributed by atoms with Gasteiger partial charge < -0.3 is 10.5 Å². The molecule has 0 radical (unpaired) electrons. The molecule has 0 bridgehead atoms. The van der Waals surface area contributed by atoms with Gasteiger partial charge in [0.25, 0.3) is 0 Å². The molecule has 1 aliphatic heterocycles. The van der Waals surface area contributed by atoms with E-state index >= 15 is 0 Å². The number of likely N-dealkylation sites (tertiary alicyclic amines) is 1. The minimum absolute atomic E-state index is 0.135. The molecule has 1 heterocycles. The lowest BCUT2D eigenvalue weighted by atomic mass is 9.86. The Balaban J connectivity index is 1.51. The molecule has 1 amide bonds. The van der Waals surface area contributed by atoms with Crippen molar-refractivity contribution >= 4 is 17.1 Å². The van der Waals surface area contributed by atoms with E-state index in [0.717, 1.165) is 67.8 Å². The molecule has 198 valence electrons. The summed E-state index contributed by atoms with van der Waals surface area (Å²) in [6.45, 7) is 6.64. The molecule has 1 aliphatic carbocycles. The van der Waals surface area contributed by atoms with Crippen molar-refractivity contribution in [3.63, 3.8) is 0 Å². The number of hydrogen-bond donors (Lipinski definition) is 1. The van der Waals surface area contributed by atoms with E-state index < -0.39 is 5.91 Å². The van der Waals surface area contributed by atoms with Crippen molar-refractivity contribution in [3.05, 3.63) is 99.6 Å². The van der Waals surface area contributed by atoms with Crippen LogP contribution < -0.4 is 10.5 Å². The molecule has 0 aromatic heterocycles. The van der Waals surface area contributed by atoms with Gasteiger partial charge in [-0.3, -0.25) is 14.1 Å². The average Bonchev–Trinajstić information content (AvgIpc) is 3.26. The Morgan fingerprint density at radius 1 is 1.03 bits per heavy atom. The summed E-state index contributed by atoms with van der Waals surface area (Å²) in [4.78, 5) is 14.2. The monoisotopic (exact) mass is 512 g/mol. The number of benzene rings is 3. The molecule has 3 aromatic rings. The molecule has 2 aliphatic rings. The minimum Gasteiger partial charge on any atom is -0.489 e. The fourth-order valence-corrected chi connectivity index (χ4v) is 5.96. The second-order valence-electron chi connectivity index (χ2n) is 10.7. The lowest BCUT2D eigenvalue weighted by molar-refractivity contribution is 0.1000. The topological polar surface area (TPSA) is 55.6 Å². The highest BCUT2D eigenvalue weighted by molar-refractivity contribution is 6.01. The largest absolute Gasteiger partial charge is 0.489 e. The van der Waals surface area contributed by atoms with Crippen LogP contribution in [0.25, 0.3) is 11.1 Å². The second kappa shape index (κ2) is 11.5. The first-order valence-electron chi connectivity index (χ1n) is 13.7. The number of halogens is 1. The number of amides is 1. The van der Waals surface area contributed by atoms with Crippen LogP contribution in [0.2, 0.25) is 0 Å². The maximum atomic E-state index is 12.5. The maximum Gasteiger partial charge on any atom is 0.248 e. The molecule has 3 aromatic carbocycles. The first-order valence-corrected chi connectivity index (χ1v) is 13.7. The van der Waals surface area contributed by atoms with Gasteiger partial charge in [0.15, 0.2) is 0 Å². The summed E-state index contributed by atoms with van der Waals surface area (Å²) in [7, 11) is 0. The summed E-state index contributed by atoms with van der Waals surface area (Å²) >= 11 is 0. The van der Waals surface area contributed by atoms with Gasteiger partial charge in [-0.1, -0.05) is 42.0 Å². The molecule has 1 fully saturated rings. The van der Waals surface area contributed by atoms with E-state index in [9.17, 15) is 9.18 Å². The third-order valence-corrected chi connectivity index (χ3v) is 7.82. The predicted octanol–water partition coefficient (Wildman–Crippen LogP) is 6.51. The van der Waals surface area contributed by atoms with Crippen LogP contribution in [0.5, 0.6) is 5.75 Å². The number of alkyl halides is 1. The normalized spacial score (nSPS) is 17.8. The number of nitrogens with two attached hydrogens (primary N) is 1. The van der Waals surface area contributed by atoms with E-state index in [2.05, 4.69) is 67.3 Å². The molecule has 0 spiro atoms. The molecule has 5 rings (SSSR count). The van der Waals surface area contributed by atoms with Gasteiger partial charge in [0.1, 0.15) is 11.9 Å². The van der Waals surface area contributed by atoms with Gasteiger partial charge in [-0.05, 0) is 109 Å². The van der Waals surface area contributed by atoms with E-state index in [1.807, 2.05) is 12.1 Å². The highest BCUT2D eigenvalue weighted by atomic mass is 19.1. The molecular weight excluding hydrogens is 475 g/mol. The predicted molar refractivity (Wildman–Crippen MR) is 152 cm³/mol. The Morgan fingerprint density at radius 2 is 1.82 bits per heavy atom. The Bertz CT molecular complexity index is 1350. The summed E-state index contributed by atoms with van der Waals surface area (Å²) in [6.07, 6.45) is 4.54. The summed E-state index contributed by atoms with van der Waals surface area (Å²) in [6, 6.07) is 21.0. The zero-order valence-electron chi connectivity index (χ0n) is 22.4. The van der Waals surface area contributed by atoms with Crippen molar-refractivity contribution < 1.29 is 13.9 Å². The zero-order valence-corrected chi connectivity index (χ0v) is 22.4. The van der Waals surface area contributed by atoms with Crippen LogP contribution in [0, 0.1) is 13.8 Å². The van der Waals surface area contributed by atoms with Crippen LogP contribution in [0.3, 0.4) is 0 Å². The highest BCUT2D eigenvalue weighted by Crippen LogP contribution is 2.41. The first kappa shape index (κ1) is 26.2. The van der Waals surface area contributed by atoms with E-state index in [4.69, 9.17) is 10.5 Å². The molecule has 5 heteroatoms. The number of allylic oxidation sites excluding steroid dienone is 1. The maximum absolute atomic E-state index is 12.5. The molecular formula is C33H37FN2O2. The van der Waals surface area contributed by atoms with Crippen LogP contribution in [-0.4, -0.2) is 43.2 Å². The van der Waals surface area contributed by atoms with Crippen molar-refractivity contribution in [2.45, 2.75) is 52.1 Å². The van der Waals surface area contributed by atoms with Gasteiger partial charge in [-0.2, -0.15) is 0 Å². The first-order chi connectivity index (χ1) is 18.4. The van der Waals surface area contributed by atoms with Gasteiger partial charge in [-0.25, -0.2) is 0 Å². The average molecular weight is 513 g/mol. The number of fused-ring (bicyclic) bond motifs is 1. The Kier molecular flexibility index (Phi) is 7.94. The Hall–Kier alpha value is -3.44. The van der Waals surface area contributed by atoms with Gasteiger partial charge in [0, 0.05) is 25.2 Å². The second-order valence-corrected chi connectivity index (χ2v) is 10.7. The van der Waals surface area contributed by atoms with Crippen molar-refractivity contribution in [3.8, 4) is 5.75 Å². The van der Waals surface area contributed by atoms with Gasteiger partial charge >= 0.3 is 0 Å². The third-order valence-electron chi connectivity index (χ3n) is 7.82. The van der Waals surface area contributed by atoms with Crippen LogP contribution in [0.15, 0.2) is 60.7 Å². The van der Waals surface area contributed by atoms with Crippen LogP contribution in [0.4, 0.5) is 4.39 Å². The quantitative estimate of drug-likeness (QED) is 0.374. The van der Waals surface area contributed by atoms with Gasteiger partial charge in [0.05, 0.1) is 6.67 Å². The number of ether oxygens (including phenoxy) is 1. The Morgan fingerprint density at radius 3 is 2.55 bits per heavy atom. The van der Waals surface area contributed by atoms with E-state index in [1.54, 1.807) is 0 Å². The van der Waals surface area contributed by atoms with Crippen LogP contribution in [-0.2, 0) is 6.42 Å². The lowest BCUT2D eigenvalue weighted by Gasteiger charge is -2.20. The van der Waals surface area contributed by atoms with Crippen molar-refractivity contribution in [2.24, 2.45) is 5.73 Å². The van der Waals surface area contributed by atoms with Crippen LogP contribution in [0.1, 0.15) is 69.4 Å². The van der Waals surface area contributed by atoms with Crippen molar-refractivity contribution in [1.29, 1.82) is 0 Å². The lowest BCUT2D eigenvalue weighted by Crippen LogP contribution is -2.26. The molecule has 38 heavy (non-hydrogen) atoms. The van der Waals surface area contributed by atoms with Gasteiger partial charge in [0.2, 0.25) is 5.91 Å². The number of primary amides is 1. The van der Waals surface area contributed by atoms with Crippen molar-refractivity contribution in [1.82, 2.24) is 4.90 Å². The van der Waals surface area contributed by atoms with E-state index in [1.165, 1.54) is 27.8 Å². The highest BCUT2D eigenvalue weighted by Gasteiger charge is 2.25. The molecule has 1 saturated heterocycles. The fraction of sp³-hybridized carbons (Fsp3) is 0.364. The van der Waals surface area contributed by atoms with E-state index in [0.29, 0.717) is 12.0 Å². The summed E-state index contributed by atoms with van der Waals surface area (Å²) in [5.74, 6) is 0.464. The number of rotatable bonds is 8. The van der Waals surface area contributed by atoms with E-state index in [-0.39, 0.29) is 12.8 Å². The molecule has 2 N–H and O–H groups in total. The van der Waals surface area contributed by atoms with Crippen molar-refractivity contribution in [2.75, 3.05) is 26.3 Å². The molecule has 4 nitrogen and oxygen atoms in total. The zero-order chi connectivity index (χ0) is 26.6. The molecule has 0 saturated carbocycles. The third kappa shape index (κ3) is 5.68. The number of carbonyl (C=O) groups is 1. The SMILES string of the molecule is Cc1ccc(C2=C(c3ccc(OC4CCN(CCCF)C4)cc3)c3ccc(C(N)=O)cc3CCC2)c(C)c1. The Labute approximate surface area is 225 Å². The van der Waals surface area contributed by atoms with Crippen LogP contribution >= 0.6 is 0 Å².